The summed E-state index contributed by atoms with van der Waals surface area (Å²) < 4.78 is 34.3. The van der Waals surface area contributed by atoms with Crippen molar-refractivity contribution in [2.45, 2.75) is 13.2 Å². The molecule has 1 heterocycles. The molecule has 0 aliphatic carbocycles. The zero-order valence-corrected chi connectivity index (χ0v) is 11.4. The first kappa shape index (κ1) is 15.2. The molecule has 0 atom stereocenters. The molecule has 0 saturated carbocycles. The van der Waals surface area contributed by atoms with Gasteiger partial charge >= 0.3 is 6.61 Å². The van der Waals surface area contributed by atoms with Gasteiger partial charge in [-0.05, 0) is 6.07 Å². The molecule has 0 unspecified atom stereocenters. The fourth-order valence-electron chi connectivity index (χ4n) is 2.15. The van der Waals surface area contributed by atoms with Gasteiger partial charge in [0.1, 0.15) is 5.75 Å². The van der Waals surface area contributed by atoms with Crippen LogP contribution in [0, 0.1) is 0 Å². The Kier molecular flexibility index (Phi) is 6.17. The maximum absolute atomic E-state index is 12.3. The zero-order chi connectivity index (χ0) is 14.2. The number of benzene rings is 1. The van der Waals surface area contributed by atoms with E-state index in [0.29, 0.717) is 6.54 Å². The van der Waals surface area contributed by atoms with Gasteiger partial charge in [-0.15, -0.1) is 0 Å². The first-order valence-electron chi connectivity index (χ1n) is 6.79. The van der Waals surface area contributed by atoms with Crippen molar-refractivity contribution in [2.24, 2.45) is 0 Å². The Morgan fingerprint density at radius 2 is 2.00 bits per heavy atom. The third kappa shape index (κ3) is 5.03. The Balaban J connectivity index is 1.73. The number of para-hydroxylation sites is 1. The lowest BCUT2D eigenvalue weighted by Gasteiger charge is -2.26. The van der Waals surface area contributed by atoms with Crippen LogP contribution in [0.15, 0.2) is 24.3 Å². The minimum atomic E-state index is -2.79. The van der Waals surface area contributed by atoms with Crippen LogP contribution < -0.4 is 10.1 Å². The lowest BCUT2D eigenvalue weighted by Crippen LogP contribution is -2.40. The Bertz CT molecular complexity index is 399. The molecule has 6 heteroatoms. The number of hydrogen-bond donors (Lipinski definition) is 1. The lowest BCUT2D eigenvalue weighted by molar-refractivity contribution is -0.0504. The minimum Gasteiger partial charge on any atom is -0.434 e. The highest BCUT2D eigenvalue weighted by atomic mass is 19.3. The minimum absolute atomic E-state index is 0.237. The number of alkyl halides is 2. The summed E-state index contributed by atoms with van der Waals surface area (Å²) in [5.74, 6) is 0.237. The zero-order valence-electron chi connectivity index (χ0n) is 11.4. The van der Waals surface area contributed by atoms with Crippen molar-refractivity contribution < 1.29 is 18.3 Å². The van der Waals surface area contributed by atoms with Gasteiger partial charge in [0.25, 0.3) is 0 Å². The van der Waals surface area contributed by atoms with E-state index in [1.165, 1.54) is 0 Å². The molecule has 1 fully saturated rings. The number of ether oxygens (including phenoxy) is 2. The molecule has 1 aliphatic heterocycles. The quantitative estimate of drug-likeness (QED) is 0.774. The van der Waals surface area contributed by atoms with E-state index in [9.17, 15) is 8.78 Å². The third-order valence-electron chi connectivity index (χ3n) is 3.21. The maximum atomic E-state index is 12.3. The highest BCUT2D eigenvalue weighted by Crippen LogP contribution is 2.19. The molecule has 1 aromatic carbocycles. The molecule has 20 heavy (non-hydrogen) atoms. The van der Waals surface area contributed by atoms with Crippen molar-refractivity contribution in [1.29, 1.82) is 0 Å². The van der Waals surface area contributed by atoms with Crippen molar-refractivity contribution >= 4 is 0 Å². The summed E-state index contributed by atoms with van der Waals surface area (Å²) in [6, 6.07) is 6.86. The smallest absolute Gasteiger partial charge is 0.387 e. The van der Waals surface area contributed by atoms with Gasteiger partial charge in [0.15, 0.2) is 0 Å². The second-order valence-corrected chi connectivity index (χ2v) is 4.62. The molecule has 112 valence electrons. The molecule has 0 aromatic heterocycles. The highest BCUT2D eigenvalue weighted by molar-refractivity contribution is 5.33. The van der Waals surface area contributed by atoms with Gasteiger partial charge in [0, 0.05) is 38.3 Å². The summed E-state index contributed by atoms with van der Waals surface area (Å²) in [7, 11) is 0. The summed E-state index contributed by atoms with van der Waals surface area (Å²) in [6.07, 6.45) is 0. The first-order chi connectivity index (χ1) is 9.75. The highest BCUT2D eigenvalue weighted by Gasteiger charge is 2.10. The molecular formula is C14H20F2N2O2. The van der Waals surface area contributed by atoms with Crippen LogP contribution in [0.2, 0.25) is 0 Å². The third-order valence-corrected chi connectivity index (χ3v) is 3.21. The molecule has 1 aliphatic rings. The van der Waals surface area contributed by atoms with Crippen LogP contribution >= 0.6 is 0 Å². The van der Waals surface area contributed by atoms with Gasteiger partial charge in [0.2, 0.25) is 0 Å². The van der Waals surface area contributed by atoms with Crippen LogP contribution in [-0.4, -0.2) is 50.9 Å². The fraction of sp³-hybridized carbons (Fsp3) is 0.571. The topological polar surface area (TPSA) is 33.7 Å². The van der Waals surface area contributed by atoms with E-state index in [-0.39, 0.29) is 5.75 Å². The van der Waals surface area contributed by atoms with E-state index in [1.807, 2.05) is 6.07 Å². The Labute approximate surface area is 117 Å². The van der Waals surface area contributed by atoms with Crippen LogP contribution in [0.4, 0.5) is 8.78 Å². The van der Waals surface area contributed by atoms with E-state index < -0.39 is 6.61 Å². The van der Waals surface area contributed by atoms with E-state index in [0.717, 1.165) is 45.0 Å². The molecule has 0 amide bonds. The van der Waals surface area contributed by atoms with E-state index in [1.54, 1.807) is 18.2 Å². The number of halogens is 2. The number of morpholine rings is 1. The second kappa shape index (κ2) is 8.14. The number of nitrogens with one attached hydrogen (secondary N) is 1. The Morgan fingerprint density at radius 3 is 2.75 bits per heavy atom. The second-order valence-electron chi connectivity index (χ2n) is 4.62. The van der Waals surface area contributed by atoms with Gasteiger partial charge in [-0.3, -0.25) is 4.90 Å². The van der Waals surface area contributed by atoms with Crippen molar-refractivity contribution in [3.63, 3.8) is 0 Å². The van der Waals surface area contributed by atoms with Gasteiger partial charge < -0.3 is 14.8 Å². The average Bonchev–Trinajstić information content (AvgIpc) is 2.46. The number of nitrogens with zero attached hydrogens (tertiary/aromatic N) is 1. The van der Waals surface area contributed by atoms with Gasteiger partial charge in [-0.25, -0.2) is 0 Å². The molecule has 2 rings (SSSR count). The fourth-order valence-corrected chi connectivity index (χ4v) is 2.15. The lowest BCUT2D eigenvalue weighted by atomic mass is 10.2. The molecule has 0 spiro atoms. The predicted octanol–water partition coefficient (Wildman–Crippen LogP) is 1.71. The van der Waals surface area contributed by atoms with Gasteiger partial charge in [0.05, 0.1) is 13.2 Å². The molecule has 4 nitrogen and oxygen atoms in total. The molecule has 0 bridgehead atoms. The van der Waals surface area contributed by atoms with Crippen molar-refractivity contribution in [3.8, 4) is 5.75 Å². The largest absolute Gasteiger partial charge is 0.434 e. The van der Waals surface area contributed by atoms with Crippen LogP contribution in [0.25, 0.3) is 0 Å². The predicted molar refractivity (Wildman–Crippen MR) is 72.0 cm³/mol. The summed E-state index contributed by atoms with van der Waals surface area (Å²) in [4.78, 5) is 2.32. The number of rotatable bonds is 7. The van der Waals surface area contributed by atoms with E-state index >= 15 is 0 Å². The van der Waals surface area contributed by atoms with Gasteiger partial charge in [-0.2, -0.15) is 8.78 Å². The standard InChI is InChI=1S/C14H20F2N2O2/c15-14(16)20-13-4-2-1-3-12(13)11-17-5-6-18-7-9-19-10-8-18/h1-4,14,17H,5-11H2. The van der Waals surface area contributed by atoms with E-state index in [4.69, 9.17) is 4.74 Å². The molecule has 1 N–H and O–H groups in total. The Morgan fingerprint density at radius 1 is 1.25 bits per heavy atom. The Hall–Kier alpha value is -1.24. The molecule has 1 saturated heterocycles. The normalized spacial score (nSPS) is 16.6. The summed E-state index contributed by atoms with van der Waals surface area (Å²) in [5.41, 5.74) is 0.745. The van der Waals surface area contributed by atoms with Crippen LogP contribution in [-0.2, 0) is 11.3 Å². The van der Waals surface area contributed by atoms with Crippen molar-refractivity contribution in [3.05, 3.63) is 29.8 Å². The van der Waals surface area contributed by atoms with Crippen LogP contribution in [0.3, 0.4) is 0 Å². The van der Waals surface area contributed by atoms with Crippen molar-refractivity contribution in [2.75, 3.05) is 39.4 Å². The van der Waals surface area contributed by atoms with Crippen LogP contribution in [0.1, 0.15) is 5.56 Å². The average molecular weight is 286 g/mol. The summed E-state index contributed by atoms with van der Waals surface area (Å²) in [6.45, 7) is 2.94. The number of hydrogen-bond acceptors (Lipinski definition) is 4. The van der Waals surface area contributed by atoms with Crippen LogP contribution in [0.5, 0.6) is 5.75 Å². The van der Waals surface area contributed by atoms with Gasteiger partial charge in [-0.1, -0.05) is 18.2 Å². The summed E-state index contributed by atoms with van der Waals surface area (Å²) in [5, 5.41) is 3.26. The monoisotopic (exact) mass is 286 g/mol. The van der Waals surface area contributed by atoms with Crippen molar-refractivity contribution in [1.82, 2.24) is 10.2 Å². The maximum Gasteiger partial charge on any atom is 0.387 e. The molecule has 1 aromatic rings. The first-order valence-corrected chi connectivity index (χ1v) is 6.79. The molecule has 0 radical (unpaired) electrons. The van der Waals surface area contributed by atoms with E-state index in [2.05, 4.69) is 15.0 Å². The molecular weight excluding hydrogens is 266 g/mol. The summed E-state index contributed by atoms with van der Waals surface area (Å²) >= 11 is 0. The SMILES string of the molecule is FC(F)Oc1ccccc1CNCCN1CCOCC1.